The van der Waals surface area contributed by atoms with Crippen LogP contribution in [-0.2, 0) is 24.8 Å². The Labute approximate surface area is 171 Å². The summed E-state index contributed by atoms with van der Waals surface area (Å²) in [7, 11) is 1.89. The minimum absolute atomic E-state index is 0.0472. The fourth-order valence-corrected chi connectivity index (χ4v) is 3.91. The third-order valence-electron chi connectivity index (χ3n) is 5.17. The van der Waals surface area contributed by atoms with Gasteiger partial charge in [0.25, 0.3) is 5.91 Å². The number of hydrogen-bond donors (Lipinski definition) is 1. The molecule has 1 fully saturated rings. The second-order valence-electron chi connectivity index (χ2n) is 7.34. The van der Waals surface area contributed by atoms with Crippen molar-refractivity contribution in [1.82, 2.24) is 20.0 Å². The van der Waals surface area contributed by atoms with E-state index in [1.54, 1.807) is 4.68 Å². The largest absolute Gasteiger partial charge is 0.484 e. The maximum atomic E-state index is 12.1. The van der Waals surface area contributed by atoms with E-state index in [9.17, 15) is 4.79 Å². The topological polar surface area (TPSA) is 59.4 Å². The van der Waals surface area contributed by atoms with E-state index in [0.29, 0.717) is 18.2 Å². The van der Waals surface area contributed by atoms with Crippen LogP contribution in [0.3, 0.4) is 0 Å². The van der Waals surface area contributed by atoms with Gasteiger partial charge in [0.15, 0.2) is 6.61 Å². The lowest BCUT2D eigenvalue weighted by Crippen LogP contribution is -2.41. The van der Waals surface area contributed by atoms with E-state index in [1.165, 1.54) is 0 Å². The highest BCUT2D eigenvalue weighted by atomic mass is 35.5. The fraction of sp³-hybridized carbons (Fsp3) is 0.524. The van der Waals surface area contributed by atoms with E-state index in [0.717, 1.165) is 55.3 Å². The van der Waals surface area contributed by atoms with Gasteiger partial charge in [-0.3, -0.25) is 14.4 Å². The van der Waals surface area contributed by atoms with E-state index in [2.05, 4.69) is 22.2 Å². The lowest BCUT2D eigenvalue weighted by atomic mass is 9.97. The summed E-state index contributed by atoms with van der Waals surface area (Å²) in [6.07, 6.45) is 3.13. The van der Waals surface area contributed by atoms with Gasteiger partial charge in [-0.2, -0.15) is 5.10 Å². The molecule has 1 aliphatic rings. The van der Waals surface area contributed by atoms with Crippen molar-refractivity contribution in [3.8, 4) is 5.75 Å². The molecule has 0 aliphatic carbocycles. The lowest BCUT2D eigenvalue weighted by Gasteiger charge is -2.32. The van der Waals surface area contributed by atoms with E-state index < -0.39 is 0 Å². The van der Waals surface area contributed by atoms with Crippen molar-refractivity contribution in [2.45, 2.75) is 32.7 Å². The molecule has 3 rings (SSSR count). The van der Waals surface area contributed by atoms with Gasteiger partial charge in [-0.05, 0) is 43.9 Å². The first-order valence-corrected chi connectivity index (χ1v) is 10.3. The number of aromatic nitrogens is 2. The zero-order chi connectivity index (χ0) is 19.9. The highest BCUT2D eigenvalue weighted by molar-refractivity contribution is 6.30. The lowest BCUT2D eigenvalue weighted by molar-refractivity contribution is -0.123. The third kappa shape index (κ3) is 5.49. The average Bonchev–Trinajstić information content (AvgIpc) is 2.99. The predicted octanol–water partition coefficient (Wildman–Crippen LogP) is 3.04. The van der Waals surface area contributed by atoms with Gasteiger partial charge in [0.1, 0.15) is 10.9 Å². The van der Waals surface area contributed by atoms with Crippen LogP contribution < -0.4 is 10.1 Å². The highest BCUT2D eigenvalue weighted by Crippen LogP contribution is 2.24. The number of amides is 1. The Morgan fingerprint density at radius 2 is 2.14 bits per heavy atom. The number of piperidine rings is 1. The number of aryl methyl sites for hydroxylation is 2. The fourth-order valence-electron chi connectivity index (χ4n) is 3.70. The molecule has 2 aromatic rings. The number of benzene rings is 1. The van der Waals surface area contributed by atoms with Crippen molar-refractivity contribution >= 4 is 17.5 Å². The zero-order valence-electron chi connectivity index (χ0n) is 16.7. The number of hydrogen-bond acceptors (Lipinski definition) is 4. The van der Waals surface area contributed by atoms with Crippen molar-refractivity contribution < 1.29 is 9.53 Å². The molecular formula is C21H29ClN4O2. The van der Waals surface area contributed by atoms with E-state index >= 15 is 0 Å². The third-order valence-corrected chi connectivity index (χ3v) is 5.65. The smallest absolute Gasteiger partial charge is 0.257 e. The van der Waals surface area contributed by atoms with Gasteiger partial charge in [0.2, 0.25) is 0 Å². The number of ether oxygens (including phenoxy) is 1. The number of nitrogens with zero attached hydrogens (tertiary/aromatic N) is 3. The Hall–Kier alpha value is -2.05. The second kappa shape index (κ2) is 9.94. The van der Waals surface area contributed by atoms with Gasteiger partial charge in [0.05, 0.1) is 5.69 Å². The Bertz CT molecular complexity index is 778. The molecule has 0 saturated carbocycles. The number of carbonyl (C=O) groups excluding carboxylic acids is 1. The first-order valence-electron chi connectivity index (χ1n) is 9.94. The summed E-state index contributed by atoms with van der Waals surface area (Å²) in [6.45, 7) is 5.65. The minimum Gasteiger partial charge on any atom is -0.484 e. The van der Waals surface area contributed by atoms with Crippen LogP contribution in [0, 0.1) is 5.92 Å². The molecule has 28 heavy (non-hydrogen) atoms. The molecule has 1 aliphatic heterocycles. The Morgan fingerprint density at radius 1 is 1.36 bits per heavy atom. The van der Waals surface area contributed by atoms with Crippen LogP contribution in [0.15, 0.2) is 30.3 Å². The van der Waals surface area contributed by atoms with Crippen molar-refractivity contribution in [2.75, 3.05) is 26.2 Å². The zero-order valence-corrected chi connectivity index (χ0v) is 17.4. The molecule has 1 amide bonds. The molecule has 1 N–H and O–H groups in total. The van der Waals surface area contributed by atoms with Crippen LogP contribution in [0.4, 0.5) is 0 Å². The Morgan fingerprint density at radius 3 is 2.89 bits per heavy atom. The normalized spacial score (nSPS) is 17.5. The van der Waals surface area contributed by atoms with Gasteiger partial charge in [-0.1, -0.05) is 36.7 Å². The van der Waals surface area contributed by atoms with Gasteiger partial charge in [-0.25, -0.2) is 0 Å². The molecule has 1 unspecified atom stereocenters. The van der Waals surface area contributed by atoms with Crippen LogP contribution in [0.2, 0.25) is 5.15 Å². The molecule has 7 heteroatoms. The molecule has 0 spiro atoms. The Balaban J connectivity index is 1.45. The van der Waals surface area contributed by atoms with Gasteiger partial charge in [0, 0.05) is 32.2 Å². The molecule has 6 nitrogen and oxygen atoms in total. The number of halogens is 1. The molecule has 1 atom stereocenters. The van der Waals surface area contributed by atoms with E-state index in [-0.39, 0.29) is 12.5 Å². The van der Waals surface area contributed by atoms with Crippen molar-refractivity contribution in [3.05, 3.63) is 46.7 Å². The summed E-state index contributed by atoms with van der Waals surface area (Å²) in [5, 5.41) is 8.24. The molecule has 152 valence electrons. The second-order valence-corrected chi connectivity index (χ2v) is 7.70. The number of para-hydroxylation sites is 1. The number of rotatable bonds is 8. The van der Waals surface area contributed by atoms with Crippen LogP contribution in [0.1, 0.15) is 31.0 Å². The van der Waals surface area contributed by atoms with Crippen LogP contribution in [-0.4, -0.2) is 46.8 Å². The summed E-state index contributed by atoms with van der Waals surface area (Å²) in [5.41, 5.74) is 2.20. The molecule has 1 aromatic heterocycles. The monoisotopic (exact) mass is 404 g/mol. The van der Waals surface area contributed by atoms with Crippen molar-refractivity contribution in [3.63, 3.8) is 0 Å². The molecule has 0 bridgehead atoms. The Kier molecular flexibility index (Phi) is 7.34. The molecule has 2 heterocycles. The molecular weight excluding hydrogens is 376 g/mol. The molecule has 1 aromatic carbocycles. The number of likely N-dealkylation sites (tertiary alicyclic amines) is 1. The minimum atomic E-state index is -0.0791. The maximum Gasteiger partial charge on any atom is 0.257 e. The first kappa shape index (κ1) is 20.7. The van der Waals surface area contributed by atoms with E-state index in [4.69, 9.17) is 16.3 Å². The molecule has 1 saturated heterocycles. The summed E-state index contributed by atoms with van der Waals surface area (Å²) >= 11 is 6.44. The summed E-state index contributed by atoms with van der Waals surface area (Å²) in [5.74, 6) is 1.07. The van der Waals surface area contributed by atoms with Gasteiger partial charge in [-0.15, -0.1) is 0 Å². The number of nitrogens with one attached hydrogen (secondary N) is 1. The first-order chi connectivity index (χ1) is 13.6. The summed E-state index contributed by atoms with van der Waals surface area (Å²) < 4.78 is 7.26. The predicted molar refractivity (Wildman–Crippen MR) is 111 cm³/mol. The van der Waals surface area contributed by atoms with Crippen LogP contribution in [0.5, 0.6) is 5.75 Å². The highest BCUT2D eigenvalue weighted by Gasteiger charge is 2.23. The van der Waals surface area contributed by atoms with Crippen molar-refractivity contribution in [2.24, 2.45) is 13.0 Å². The molecule has 0 radical (unpaired) electrons. The number of carbonyl (C=O) groups is 1. The van der Waals surface area contributed by atoms with Gasteiger partial charge >= 0.3 is 0 Å². The van der Waals surface area contributed by atoms with E-state index in [1.807, 2.05) is 37.4 Å². The van der Waals surface area contributed by atoms with Crippen molar-refractivity contribution in [1.29, 1.82) is 0 Å². The van der Waals surface area contributed by atoms with Gasteiger partial charge < -0.3 is 10.1 Å². The SMILES string of the molecule is CCc1nn(C)c(Cl)c1CN1CCCC(CNC(=O)COc2ccccc2)C1. The van der Waals surface area contributed by atoms with Crippen LogP contribution in [0.25, 0.3) is 0 Å². The maximum absolute atomic E-state index is 12.1. The average molecular weight is 405 g/mol. The summed E-state index contributed by atoms with van der Waals surface area (Å²) in [6, 6.07) is 9.40. The quantitative estimate of drug-likeness (QED) is 0.734. The van der Waals surface area contributed by atoms with Crippen LogP contribution >= 0.6 is 11.6 Å². The summed E-state index contributed by atoms with van der Waals surface area (Å²) in [4.78, 5) is 14.5. The standard InChI is InChI=1S/C21H29ClN4O2/c1-3-19-18(21(22)25(2)24-19)14-26-11-7-8-16(13-26)12-23-20(27)15-28-17-9-5-4-6-10-17/h4-6,9-10,16H,3,7-8,11-15H2,1-2H3,(H,23,27).